The van der Waals surface area contributed by atoms with Gasteiger partial charge in [0.1, 0.15) is 18.0 Å². The van der Waals surface area contributed by atoms with E-state index in [4.69, 9.17) is 9.15 Å². The number of oxazole rings is 1. The molecule has 0 saturated heterocycles. The molecule has 0 aromatic carbocycles. The van der Waals surface area contributed by atoms with E-state index >= 15 is 0 Å². The molecule has 0 saturated carbocycles. The van der Waals surface area contributed by atoms with Crippen LogP contribution in [-0.2, 0) is 43.1 Å². The number of carbonyl (C=O) groups is 3. The predicted octanol–water partition coefficient (Wildman–Crippen LogP) is 0.0989. The van der Waals surface area contributed by atoms with Crippen molar-refractivity contribution in [3.8, 4) is 0 Å². The van der Waals surface area contributed by atoms with Gasteiger partial charge in [0.25, 0.3) is 0 Å². The van der Waals surface area contributed by atoms with E-state index in [1.54, 1.807) is 6.92 Å². The van der Waals surface area contributed by atoms with Crippen LogP contribution in [0.5, 0.6) is 0 Å². The summed E-state index contributed by atoms with van der Waals surface area (Å²) in [5.41, 5.74) is 0.748. The van der Waals surface area contributed by atoms with E-state index in [0.29, 0.717) is 31.6 Å². The second-order valence-corrected chi connectivity index (χ2v) is 5.44. The Bertz CT molecular complexity index is 635. The van der Waals surface area contributed by atoms with E-state index in [-0.39, 0.29) is 110 Å². The fourth-order valence-electron chi connectivity index (χ4n) is 2.62. The molecule has 8 heteroatoms. The van der Waals surface area contributed by atoms with Crippen LogP contribution in [0.15, 0.2) is 4.42 Å². The number of methoxy groups -OCH3 is 1. The third-order valence-corrected chi connectivity index (χ3v) is 3.83. The van der Waals surface area contributed by atoms with Crippen molar-refractivity contribution in [3.05, 3.63) is 17.3 Å². The third-order valence-electron chi connectivity index (χ3n) is 3.83. The number of rotatable bonds is 7. The topological polar surface area (TPSA) is 95.7 Å². The summed E-state index contributed by atoms with van der Waals surface area (Å²) in [7, 11) is 1.34. The fourth-order valence-corrected chi connectivity index (χ4v) is 2.62. The summed E-state index contributed by atoms with van der Waals surface area (Å²) in [4.78, 5) is 39.0. The van der Waals surface area contributed by atoms with Crippen molar-refractivity contribution in [1.82, 2.24) is 4.98 Å². The molecular weight excluding hydrogens is 341 g/mol. The first-order chi connectivity index (χ1) is 11.0. The zero-order chi connectivity index (χ0) is 16.8. The maximum absolute atomic E-state index is 12.1. The molecule has 0 radical (unpaired) electrons. The average Bonchev–Trinajstić information content (AvgIpc) is 2.94. The van der Waals surface area contributed by atoms with Gasteiger partial charge >= 0.3 is 63.3 Å². The summed E-state index contributed by atoms with van der Waals surface area (Å²) >= 11 is 0. The van der Waals surface area contributed by atoms with Crippen LogP contribution in [0.2, 0.25) is 0 Å². The molecule has 1 atom stereocenters. The molecule has 1 aliphatic carbocycles. The number of aryl methyl sites for hydroxylation is 2. The number of aromatic nitrogens is 1. The molecule has 0 fully saturated rings. The SMILES string of the molecule is CCOC(=O)CC(=O)C1CCc2oc(CCC(=O)OC)nc2C1.[3H-].[3H-].[3H-].[3H-].[3H-].[3H-].[3H-].[3H-].[3H-].[3H-].[3H-].[3H-].[3H-].[3H-].[3H-].[K+]. The molecule has 1 unspecified atom stereocenters. The van der Waals surface area contributed by atoms with Crippen molar-refractivity contribution < 1.29 is 101 Å². The Morgan fingerprint density at radius 1 is 1.33 bits per heavy atom. The molecule has 0 amide bonds. The van der Waals surface area contributed by atoms with Crippen LogP contribution < -0.4 is 51.4 Å². The van der Waals surface area contributed by atoms with Crippen LogP contribution in [-0.4, -0.2) is 36.4 Å². The van der Waals surface area contributed by atoms with Crippen LogP contribution in [0.4, 0.5) is 0 Å². The Balaban J connectivity index is -0.0000000277. The quantitative estimate of drug-likeness (QED) is 0.359. The normalized spacial score (nSPS) is 15.8. The van der Waals surface area contributed by atoms with Gasteiger partial charge in [0.2, 0.25) is 0 Å². The average molecular weight is 408 g/mol. The van der Waals surface area contributed by atoms with Gasteiger partial charge in [-0.25, -0.2) is 4.98 Å². The van der Waals surface area contributed by atoms with Gasteiger partial charge in [-0.1, -0.05) is 0 Å². The molecule has 2 rings (SSSR count). The van der Waals surface area contributed by atoms with E-state index < -0.39 is 5.97 Å². The summed E-state index contributed by atoms with van der Waals surface area (Å²) in [6.45, 7) is 1.98. The molecule has 1 heterocycles. The van der Waals surface area contributed by atoms with Gasteiger partial charge in [-0.2, -0.15) is 0 Å². The molecule has 24 heavy (non-hydrogen) atoms. The van der Waals surface area contributed by atoms with Gasteiger partial charge < -0.3 is 35.3 Å². The number of ketones is 1. The van der Waals surface area contributed by atoms with Crippen molar-refractivity contribution in [2.24, 2.45) is 5.92 Å². The fraction of sp³-hybridized carbons (Fsp3) is 0.625. The number of Topliss-reactive ketones (excluding diaryl/α,β-unsaturated/α-hetero) is 1. The van der Waals surface area contributed by atoms with Gasteiger partial charge in [0.05, 0.1) is 25.8 Å². The number of fused-ring (bicyclic) bond motifs is 1. The Morgan fingerprint density at radius 2 is 2.08 bits per heavy atom. The Morgan fingerprint density at radius 3 is 2.75 bits per heavy atom. The van der Waals surface area contributed by atoms with Crippen LogP contribution >= 0.6 is 0 Å². The van der Waals surface area contributed by atoms with Crippen molar-refractivity contribution in [2.75, 3.05) is 13.7 Å². The second kappa shape index (κ2) is 10.4. The maximum atomic E-state index is 12.1. The molecular formula is C16H36KNO6-14. The number of hydrogen-bond donors (Lipinski definition) is 0. The predicted molar refractivity (Wildman–Crippen MR) is 95.3 cm³/mol. The summed E-state index contributed by atoms with van der Waals surface area (Å²) in [6, 6.07) is 0. The summed E-state index contributed by atoms with van der Waals surface area (Å²) in [6.07, 6.45) is 2.11. The van der Waals surface area contributed by atoms with Crippen molar-refractivity contribution in [2.45, 2.75) is 45.4 Å². The van der Waals surface area contributed by atoms with Gasteiger partial charge in [0.15, 0.2) is 5.89 Å². The second-order valence-electron chi connectivity index (χ2n) is 5.44. The standard InChI is InChI=1S/C16H21NO6.K.15H/c1-3-22-16(20)9-12(18)10-4-5-13-11(8-10)17-14(23-13)6-7-15(19)21-2;;;;;;;;;;;;;;;;/h10H,3-9H2,1-2H3;;;;;;;;;;;;;;;;/q;+1;15*-1/i;;15*1+2. The zero-order valence-corrected chi connectivity index (χ0v) is 17.5. The van der Waals surface area contributed by atoms with Crippen molar-refractivity contribution >= 4 is 17.7 Å². The molecule has 1 aromatic heterocycles. The first-order valence-corrected chi connectivity index (χ1v) is 7.76. The summed E-state index contributed by atoms with van der Waals surface area (Å²) < 4.78 is 15.0. The van der Waals surface area contributed by atoms with E-state index in [0.717, 1.165) is 11.5 Å². The van der Waals surface area contributed by atoms with Crippen LogP contribution in [0.1, 0.15) is 64.9 Å². The van der Waals surface area contributed by atoms with Crippen molar-refractivity contribution in [1.29, 1.82) is 0 Å². The smallest absolute Gasteiger partial charge is 1.00 e. The monoisotopic (exact) mass is 407 g/mol. The number of hydrogen-bond acceptors (Lipinski definition) is 7. The molecule has 1 aromatic rings. The third kappa shape index (κ3) is 6.07. The Labute approximate surface area is 205 Å². The molecule has 0 aliphatic heterocycles. The van der Waals surface area contributed by atoms with Crippen LogP contribution in [0, 0.1) is 5.92 Å². The Kier molecular flexibility index (Phi) is 9.36. The van der Waals surface area contributed by atoms with Crippen molar-refractivity contribution in [3.63, 3.8) is 0 Å². The van der Waals surface area contributed by atoms with Gasteiger partial charge in [-0.05, 0) is 13.3 Å². The first kappa shape index (κ1) is 21.5. The number of ether oxygens (including phenoxy) is 2. The van der Waals surface area contributed by atoms with Crippen LogP contribution in [0.3, 0.4) is 0 Å². The summed E-state index contributed by atoms with van der Waals surface area (Å²) in [5, 5.41) is 0. The number of nitrogens with zero attached hydrogens (tertiary/aromatic N) is 1. The molecule has 7 nitrogen and oxygen atoms in total. The molecule has 1 aliphatic rings. The zero-order valence-electron chi connectivity index (χ0n) is 29.4. The van der Waals surface area contributed by atoms with E-state index in [1.807, 2.05) is 0 Å². The summed E-state index contributed by atoms with van der Waals surface area (Å²) in [5.74, 6) is 0.105. The van der Waals surface area contributed by atoms with E-state index in [2.05, 4.69) is 9.72 Å². The number of esters is 2. The molecule has 0 bridgehead atoms. The van der Waals surface area contributed by atoms with E-state index in [1.165, 1.54) is 7.11 Å². The van der Waals surface area contributed by atoms with Gasteiger partial charge in [0, 0.05) is 25.2 Å². The molecule has 0 N–H and O–H groups in total. The molecule has 156 valence electrons. The largest absolute Gasteiger partial charge is 1.00 e. The number of carbonyl (C=O) groups excluding carboxylic acids is 3. The first-order valence-electron chi connectivity index (χ1n) is 7.76. The maximum Gasteiger partial charge on any atom is 1.00 e. The molecule has 0 spiro atoms. The van der Waals surface area contributed by atoms with E-state index in [9.17, 15) is 14.4 Å². The van der Waals surface area contributed by atoms with Gasteiger partial charge in [-0.3, -0.25) is 14.4 Å². The Hall–Kier alpha value is -0.544. The van der Waals surface area contributed by atoms with Gasteiger partial charge in [-0.15, -0.1) is 0 Å². The minimum Gasteiger partial charge on any atom is -1.00 e. The van der Waals surface area contributed by atoms with Crippen LogP contribution in [0.25, 0.3) is 0 Å². The minimum absolute atomic E-state index is 0. The minimum atomic E-state index is -0.484.